The second-order valence-corrected chi connectivity index (χ2v) is 6.11. The third kappa shape index (κ3) is 5.66. The number of ether oxygens (including phenoxy) is 1. The number of aryl methyl sites for hydroxylation is 1. The van der Waals surface area contributed by atoms with Crippen molar-refractivity contribution in [3.05, 3.63) is 29.8 Å². The third-order valence-corrected chi connectivity index (χ3v) is 3.32. The number of para-hydroxylation sites is 1. The molecule has 0 saturated carbocycles. The van der Waals surface area contributed by atoms with Crippen LogP contribution >= 0.6 is 0 Å². The summed E-state index contributed by atoms with van der Waals surface area (Å²) < 4.78 is 5.71. The predicted octanol–water partition coefficient (Wildman–Crippen LogP) is 3.59. The summed E-state index contributed by atoms with van der Waals surface area (Å²) in [7, 11) is 0. The van der Waals surface area contributed by atoms with E-state index < -0.39 is 0 Å². The fourth-order valence-electron chi connectivity index (χ4n) is 2.19. The van der Waals surface area contributed by atoms with E-state index >= 15 is 0 Å². The average molecular weight is 292 g/mol. The number of amides is 2. The summed E-state index contributed by atoms with van der Waals surface area (Å²) in [4.78, 5) is 13.9. The lowest BCUT2D eigenvalue weighted by Crippen LogP contribution is -2.50. The molecule has 21 heavy (non-hydrogen) atoms. The van der Waals surface area contributed by atoms with Gasteiger partial charge >= 0.3 is 6.03 Å². The van der Waals surface area contributed by atoms with Gasteiger partial charge in [-0.25, -0.2) is 4.79 Å². The van der Waals surface area contributed by atoms with Gasteiger partial charge in [0.2, 0.25) is 0 Å². The Balaban J connectivity index is 2.28. The normalized spacial score (nSPS) is 11.1. The Hall–Kier alpha value is -1.71. The molecule has 1 rings (SSSR count). The summed E-state index contributed by atoms with van der Waals surface area (Å²) in [6, 6.07) is 7.94. The van der Waals surface area contributed by atoms with Gasteiger partial charge in [-0.15, -0.1) is 0 Å². The molecular weight excluding hydrogens is 264 g/mol. The maximum absolute atomic E-state index is 12.1. The maximum atomic E-state index is 12.1. The summed E-state index contributed by atoms with van der Waals surface area (Å²) in [6.45, 7) is 12.1. The molecule has 4 nitrogen and oxygen atoms in total. The van der Waals surface area contributed by atoms with Crippen LogP contribution in [-0.4, -0.2) is 36.2 Å². The van der Waals surface area contributed by atoms with Crippen LogP contribution < -0.4 is 10.1 Å². The molecule has 0 aliphatic heterocycles. The Morgan fingerprint density at radius 1 is 1.29 bits per heavy atom. The molecule has 0 spiro atoms. The van der Waals surface area contributed by atoms with Crippen molar-refractivity contribution in [3.63, 3.8) is 0 Å². The molecule has 0 aliphatic rings. The Morgan fingerprint density at radius 2 is 1.95 bits per heavy atom. The summed E-state index contributed by atoms with van der Waals surface area (Å²) >= 11 is 0. The molecule has 118 valence electrons. The van der Waals surface area contributed by atoms with Crippen molar-refractivity contribution in [1.29, 1.82) is 0 Å². The van der Waals surface area contributed by atoms with E-state index in [2.05, 4.69) is 5.32 Å². The van der Waals surface area contributed by atoms with Gasteiger partial charge in [-0.1, -0.05) is 18.2 Å². The zero-order chi connectivity index (χ0) is 15.9. The first-order valence-corrected chi connectivity index (χ1v) is 7.60. The van der Waals surface area contributed by atoms with Crippen molar-refractivity contribution in [2.45, 2.75) is 46.6 Å². The maximum Gasteiger partial charge on any atom is 0.317 e. The van der Waals surface area contributed by atoms with Gasteiger partial charge in [0.15, 0.2) is 0 Å². The van der Waals surface area contributed by atoms with Crippen LogP contribution in [0.2, 0.25) is 0 Å². The van der Waals surface area contributed by atoms with E-state index in [0.717, 1.165) is 17.7 Å². The van der Waals surface area contributed by atoms with Crippen LogP contribution in [0.25, 0.3) is 0 Å². The number of urea groups is 1. The van der Waals surface area contributed by atoms with Gasteiger partial charge in [-0.05, 0) is 52.7 Å². The topological polar surface area (TPSA) is 41.6 Å². The average Bonchev–Trinajstić information content (AvgIpc) is 2.39. The van der Waals surface area contributed by atoms with Crippen molar-refractivity contribution in [3.8, 4) is 5.75 Å². The van der Waals surface area contributed by atoms with Crippen molar-refractivity contribution >= 4 is 6.03 Å². The number of hydrogen-bond donors (Lipinski definition) is 1. The zero-order valence-corrected chi connectivity index (χ0v) is 13.9. The van der Waals surface area contributed by atoms with E-state index in [0.29, 0.717) is 19.7 Å². The van der Waals surface area contributed by atoms with Gasteiger partial charge in [0.25, 0.3) is 0 Å². The monoisotopic (exact) mass is 292 g/mol. The highest BCUT2D eigenvalue weighted by Crippen LogP contribution is 2.16. The highest BCUT2D eigenvalue weighted by Gasteiger charge is 2.24. The molecule has 4 heteroatoms. The molecule has 1 aromatic carbocycles. The summed E-state index contributed by atoms with van der Waals surface area (Å²) in [5.41, 5.74) is 0.975. The van der Waals surface area contributed by atoms with Gasteiger partial charge in [0.05, 0.1) is 6.61 Å². The van der Waals surface area contributed by atoms with Crippen molar-refractivity contribution in [1.82, 2.24) is 10.2 Å². The minimum absolute atomic E-state index is 0.0131. The van der Waals surface area contributed by atoms with Crippen LogP contribution in [0, 0.1) is 6.92 Å². The predicted molar refractivity (Wildman–Crippen MR) is 86.8 cm³/mol. The van der Waals surface area contributed by atoms with Gasteiger partial charge in [-0.2, -0.15) is 0 Å². The quantitative estimate of drug-likeness (QED) is 0.814. The van der Waals surface area contributed by atoms with Crippen LogP contribution in [0.4, 0.5) is 4.79 Å². The second-order valence-electron chi connectivity index (χ2n) is 6.11. The molecule has 0 fully saturated rings. The first-order chi connectivity index (χ1) is 9.86. The van der Waals surface area contributed by atoms with E-state index in [1.54, 1.807) is 0 Å². The molecule has 1 aromatic rings. The van der Waals surface area contributed by atoms with E-state index in [4.69, 9.17) is 4.74 Å². The number of hydrogen-bond acceptors (Lipinski definition) is 2. The number of benzene rings is 1. The molecule has 0 atom stereocenters. The van der Waals surface area contributed by atoms with Crippen LogP contribution in [0.3, 0.4) is 0 Å². The molecule has 0 aliphatic carbocycles. The van der Waals surface area contributed by atoms with Crippen molar-refractivity contribution in [2.24, 2.45) is 0 Å². The van der Waals surface area contributed by atoms with E-state index in [1.165, 1.54) is 0 Å². The van der Waals surface area contributed by atoms with Crippen LogP contribution in [-0.2, 0) is 0 Å². The first-order valence-electron chi connectivity index (χ1n) is 7.60. The minimum atomic E-state index is -0.156. The van der Waals surface area contributed by atoms with Gasteiger partial charge in [0.1, 0.15) is 5.75 Å². The molecule has 2 amide bonds. The van der Waals surface area contributed by atoms with Gasteiger partial charge < -0.3 is 15.0 Å². The lowest BCUT2D eigenvalue weighted by molar-refractivity contribution is 0.149. The molecule has 0 radical (unpaired) electrons. The molecule has 0 heterocycles. The highest BCUT2D eigenvalue weighted by atomic mass is 16.5. The largest absolute Gasteiger partial charge is 0.493 e. The fraction of sp³-hybridized carbons (Fsp3) is 0.588. The number of nitrogens with zero attached hydrogens (tertiary/aromatic N) is 1. The number of nitrogens with one attached hydrogen (secondary N) is 1. The third-order valence-electron chi connectivity index (χ3n) is 3.32. The zero-order valence-electron chi connectivity index (χ0n) is 13.9. The fourth-order valence-corrected chi connectivity index (χ4v) is 2.19. The van der Waals surface area contributed by atoms with Gasteiger partial charge in [-0.3, -0.25) is 0 Å². The van der Waals surface area contributed by atoms with Crippen molar-refractivity contribution in [2.75, 3.05) is 19.7 Å². The number of carbonyl (C=O) groups excluding carboxylic acids is 1. The molecule has 0 bridgehead atoms. The SMILES string of the molecule is CCN(C(=O)NCCCOc1ccccc1C)C(C)(C)C. The Kier molecular flexibility index (Phi) is 6.53. The summed E-state index contributed by atoms with van der Waals surface area (Å²) in [6.07, 6.45) is 0.793. The van der Waals surface area contributed by atoms with E-state index in [-0.39, 0.29) is 11.6 Å². The second kappa shape index (κ2) is 7.91. The molecular formula is C17H28N2O2. The smallest absolute Gasteiger partial charge is 0.317 e. The van der Waals surface area contributed by atoms with E-state index in [9.17, 15) is 4.79 Å². The van der Waals surface area contributed by atoms with Gasteiger partial charge in [0, 0.05) is 18.6 Å². The minimum Gasteiger partial charge on any atom is -0.493 e. The Bertz CT molecular complexity index is 452. The standard InChI is InChI=1S/C17H28N2O2/c1-6-19(17(3,4)5)16(20)18-12-9-13-21-15-11-8-7-10-14(15)2/h7-8,10-11H,6,9,12-13H2,1-5H3,(H,18,20). The number of rotatable bonds is 6. The van der Waals surface area contributed by atoms with Crippen molar-refractivity contribution < 1.29 is 9.53 Å². The Morgan fingerprint density at radius 3 is 2.52 bits per heavy atom. The lowest BCUT2D eigenvalue weighted by atomic mass is 10.1. The van der Waals surface area contributed by atoms with Crippen LogP contribution in [0.1, 0.15) is 39.7 Å². The van der Waals surface area contributed by atoms with E-state index in [1.807, 2.05) is 63.8 Å². The molecule has 0 saturated heterocycles. The highest BCUT2D eigenvalue weighted by molar-refractivity contribution is 5.74. The first kappa shape index (κ1) is 17.3. The lowest BCUT2D eigenvalue weighted by Gasteiger charge is -2.34. The van der Waals surface area contributed by atoms with Crippen LogP contribution in [0.15, 0.2) is 24.3 Å². The Labute approximate surface area is 128 Å². The summed E-state index contributed by atoms with van der Waals surface area (Å²) in [5.74, 6) is 0.911. The van der Waals surface area contributed by atoms with Crippen LogP contribution in [0.5, 0.6) is 5.75 Å². The number of carbonyl (C=O) groups is 1. The summed E-state index contributed by atoms with van der Waals surface area (Å²) in [5, 5.41) is 2.95. The molecule has 0 aromatic heterocycles. The molecule has 0 unspecified atom stereocenters. The molecule has 1 N–H and O–H groups in total.